The van der Waals surface area contributed by atoms with Crippen molar-refractivity contribution in [1.29, 1.82) is 0 Å². The maximum Gasteiger partial charge on any atom is 0.306 e. The number of primary amides is 1. The number of rotatable bonds is 5. The standard InChI is InChI=1S/C18H22BrFN2O4/c1-9-14-10(5-6-11(19)15(14)20)17(25)22(9)12(16(21)24)7-8-13(23)26-18(2,3)4/h5-6,9,12H,7-8H2,1-4H3,(H2,21,24)/t9-,12+/m1/s1. The minimum Gasteiger partial charge on any atom is -0.460 e. The van der Waals surface area contributed by atoms with E-state index >= 15 is 0 Å². The van der Waals surface area contributed by atoms with Crippen LogP contribution < -0.4 is 5.73 Å². The lowest BCUT2D eigenvalue weighted by Gasteiger charge is -2.30. The summed E-state index contributed by atoms with van der Waals surface area (Å²) < 4.78 is 19.9. The summed E-state index contributed by atoms with van der Waals surface area (Å²) in [5.74, 6) is -2.26. The number of benzene rings is 1. The quantitative estimate of drug-likeness (QED) is 0.729. The smallest absolute Gasteiger partial charge is 0.306 e. The zero-order valence-corrected chi connectivity index (χ0v) is 16.7. The molecule has 26 heavy (non-hydrogen) atoms. The summed E-state index contributed by atoms with van der Waals surface area (Å²) in [4.78, 5) is 37.8. The fraction of sp³-hybridized carbons (Fsp3) is 0.500. The first-order valence-electron chi connectivity index (χ1n) is 8.25. The fourth-order valence-electron chi connectivity index (χ4n) is 3.09. The van der Waals surface area contributed by atoms with Crippen LogP contribution in [0, 0.1) is 5.82 Å². The molecule has 8 heteroatoms. The van der Waals surface area contributed by atoms with Crippen LogP contribution in [-0.2, 0) is 14.3 Å². The van der Waals surface area contributed by atoms with E-state index in [0.29, 0.717) is 0 Å². The number of esters is 1. The van der Waals surface area contributed by atoms with Gasteiger partial charge in [0, 0.05) is 17.5 Å². The van der Waals surface area contributed by atoms with E-state index in [1.54, 1.807) is 27.7 Å². The summed E-state index contributed by atoms with van der Waals surface area (Å²) in [5, 5.41) is 0. The number of carbonyl (C=O) groups excluding carboxylic acids is 3. The van der Waals surface area contributed by atoms with Crippen molar-refractivity contribution in [2.75, 3.05) is 0 Å². The Balaban J connectivity index is 2.23. The van der Waals surface area contributed by atoms with Crippen molar-refractivity contribution in [3.8, 4) is 0 Å². The Labute approximate surface area is 160 Å². The number of carbonyl (C=O) groups is 3. The molecule has 0 saturated carbocycles. The highest BCUT2D eigenvalue weighted by Crippen LogP contribution is 2.39. The molecule has 2 rings (SSSR count). The van der Waals surface area contributed by atoms with Crippen LogP contribution in [0.5, 0.6) is 0 Å². The van der Waals surface area contributed by atoms with Crippen LogP contribution in [0.15, 0.2) is 16.6 Å². The Kier molecular flexibility index (Phi) is 5.75. The molecule has 1 aliphatic rings. The first-order valence-corrected chi connectivity index (χ1v) is 9.05. The maximum absolute atomic E-state index is 14.4. The number of ether oxygens (including phenoxy) is 1. The Morgan fingerprint density at radius 1 is 1.38 bits per heavy atom. The Morgan fingerprint density at radius 3 is 2.54 bits per heavy atom. The average molecular weight is 429 g/mol. The van der Waals surface area contributed by atoms with Crippen molar-refractivity contribution in [3.05, 3.63) is 33.5 Å². The molecule has 142 valence electrons. The predicted octanol–water partition coefficient (Wildman–Crippen LogP) is 3.08. The van der Waals surface area contributed by atoms with Crippen molar-refractivity contribution >= 4 is 33.7 Å². The van der Waals surface area contributed by atoms with Gasteiger partial charge in [-0.3, -0.25) is 14.4 Å². The largest absolute Gasteiger partial charge is 0.460 e. The number of nitrogens with two attached hydrogens (primary N) is 1. The summed E-state index contributed by atoms with van der Waals surface area (Å²) in [7, 11) is 0. The van der Waals surface area contributed by atoms with Gasteiger partial charge >= 0.3 is 5.97 Å². The van der Waals surface area contributed by atoms with Crippen molar-refractivity contribution in [3.63, 3.8) is 0 Å². The molecule has 1 aromatic rings. The van der Waals surface area contributed by atoms with Crippen molar-refractivity contribution in [2.45, 2.75) is 58.2 Å². The average Bonchev–Trinajstić information content (AvgIpc) is 2.74. The molecule has 2 atom stereocenters. The summed E-state index contributed by atoms with van der Waals surface area (Å²) in [6.07, 6.45) is -0.0684. The highest BCUT2D eigenvalue weighted by molar-refractivity contribution is 9.10. The minimum atomic E-state index is -1.03. The lowest BCUT2D eigenvalue weighted by molar-refractivity contribution is -0.155. The molecular formula is C18H22BrFN2O4. The minimum absolute atomic E-state index is 0.0110. The molecule has 1 aromatic carbocycles. The number of halogens is 2. The van der Waals surface area contributed by atoms with E-state index < -0.39 is 41.3 Å². The molecule has 6 nitrogen and oxygen atoms in total. The van der Waals surface area contributed by atoms with Gasteiger partial charge in [0.05, 0.1) is 10.5 Å². The monoisotopic (exact) mass is 428 g/mol. The van der Waals surface area contributed by atoms with E-state index in [9.17, 15) is 18.8 Å². The van der Waals surface area contributed by atoms with Gasteiger partial charge < -0.3 is 15.4 Å². The number of hydrogen-bond donors (Lipinski definition) is 1. The van der Waals surface area contributed by atoms with Gasteiger partial charge in [-0.2, -0.15) is 0 Å². The molecular weight excluding hydrogens is 407 g/mol. The Hall–Kier alpha value is -1.96. The van der Waals surface area contributed by atoms with Crippen LogP contribution in [-0.4, -0.2) is 34.3 Å². The van der Waals surface area contributed by atoms with Gasteiger partial charge in [0.2, 0.25) is 5.91 Å². The highest BCUT2D eigenvalue weighted by atomic mass is 79.9. The van der Waals surface area contributed by atoms with Crippen molar-refractivity contribution in [1.82, 2.24) is 4.90 Å². The van der Waals surface area contributed by atoms with E-state index in [0.717, 1.165) is 0 Å². The van der Waals surface area contributed by atoms with E-state index in [1.165, 1.54) is 17.0 Å². The fourth-order valence-corrected chi connectivity index (χ4v) is 3.44. The third-order valence-corrected chi connectivity index (χ3v) is 4.75. The molecule has 0 aliphatic carbocycles. The highest BCUT2D eigenvalue weighted by Gasteiger charge is 2.42. The molecule has 1 aliphatic heterocycles. The molecule has 0 saturated heterocycles. The number of fused-ring (bicyclic) bond motifs is 1. The summed E-state index contributed by atoms with van der Waals surface area (Å²) in [6, 6.07) is 1.25. The van der Waals surface area contributed by atoms with Crippen LogP contribution >= 0.6 is 15.9 Å². The molecule has 0 radical (unpaired) electrons. The predicted molar refractivity (Wildman–Crippen MR) is 96.7 cm³/mol. The third kappa shape index (κ3) is 4.06. The topological polar surface area (TPSA) is 89.7 Å². The first-order chi connectivity index (χ1) is 11.9. The zero-order valence-electron chi connectivity index (χ0n) is 15.1. The molecule has 0 unspecified atom stereocenters. The Morgan fingerprint density at radius 2 is 2.00 bits per heavy atom. The van der Waals surface area contributed by atoms with Crippen LogP contribution in [0.25, 0.3) is 0 Å². The lowest BCUT2D eigenvalue weighted by Crippen LogP contribution is -2.46. The zero-order chi connectivity index (χ0) is 19.8. The molecule has 1 heterocycles. The molecule has 0 aromatic heterocycles. The molecule has 0 spiro atoms. The molecule has 0 fully saturated rings. The number of nitrogens with zero attached hydrogens (tertiary/aromatic N) is 1. The van der Waals surface area contributed by atoms with Crippen molar-refractivity contribution < 1.29 is 23.5 Å². The second kappa shape index (κ2) is 7.34. The van der Waals surface area contributed by atoms with E-state index in [4.69, 9.17) is 10.5 Å². The van der Waals surface area contributed by atoms with Gasteiger partial charge in [0.1, 0.15) is 17.5 Å². The Bertz CT molecular complexity index is 760. The lowest BCUT2D eigenvalue weighted by atomic mass is 10.0. The van der Waals surface area contributed by atoms with Gasteiger partial charge in [0.25, 0.3) is 5.91 Å². The number of amides is 2. The van der Waals surface area contributed by atoms with Gasteiger partial charge in [-0.15, -0.1) is 0 Å². The van der Waals surface area contributed by atoms with Gasteiger partial charge in [0.15, 0.2) is 0 Å². The van der Waals surface area contributed by atoms with Gasteiger partial charge in [-0.05, 0) is 62.2 Å². The van der Waals surface area contributed by atoms with E-state index in [2.05, 4.69) is 15.9 Å². The normalized spacial score (nSPS) is 17.8. The van der Waals surface area contributed by atoms with Crippen LogP contribution in [0.2, 0.25) is 0 Å². The maximum atomic E-state index is 14.4. The number of hydrogen-bond acceptors (Lipinski definition) is 4. The SMILES string of the molecule is C[C@@H]1c2c(ccc(Br)c2F)C(=O)N1[C@@H](CCC(=O)OC(C)(C)C)C(N)=O. The summed E-state index contributed by atoms with van der Waals surface area (Å²) in [5.41, 5.74) is 5.23. The molecule has 0 bridgehead atoms. The second-order valence-electron chi connectivity index (χ2n) is 7.25. The summed E-state index contributed by atoms with van der Waals surface area (Å²) >= 11 is 3.10. The first kappa shape index (κ1) is 20.4. The van der Waals surface area contributed by atoms with Gasteiger partial charge in [-0.1, -0.05) is 0 Å². The van der Waals surface area contributed by atoms with E-state index in [-0.39, 0.29) is 28.4 Å². The summed E-state index contributed by atoms with van der Waals surface area (Å²) in [6.45, 7) is 6.84. The van der Waals surface area contributed by atoms with Crippen LogP contribution in [0.1, 0.15) is 62.5 Å². The van der Waals surface area contributed by atoms with E-state index in [1.807, 2.05) is 0 Å². The molecule has 2 amide bonds. The second-order valence-corrected chi connectivity index (χ2v) is 8.11. The molecule has 2 N–H and O–H groups in total. The van der Waals surface area contributed by atoms with Crippen molar-refractivity contribution in [2.24, 2.45) is 5.73 Å². The van der Waals surface area contributed by atoms with Gasteiger partial charge in [-0.25, -0.2) is 4.39 Å². The van der Waals surface area contributed by atoms with Crippen LogP contribution in [0.3, 0.4) is 0 Å². The third-order valence-electron chi connectivity index (χ3n) is 4.14. The van der Waals surface area contributed by atoms with Crippen LogP contribution in [0.4, 0.5) is 4.39 Å².